The Bertz CT molecular complexity index is 211. The van der Waals surface area contributed by atoms with E-state index in [1.165, 1.54) is 11.1 Å². The summed E-state index contributed by atoms with van der Waals surface area (Å²) in [6.07, 6.45) is 8.10. The summed E-state index contributed by atoms with van der Waals surface area (Å²) < 4.78 is 0. The number of hydrogen-bond donors (Lipinski definition) is 1. The van der Waals surface area contributed by atoms with Gasteiger partial charge in [0.1, 0.15) is 0 Å². The Labute approximate surface area is 68.3 Å². The van der Waals surface area contributed by atoms with Gasteiger partial charge in [-0.05, 0) is 30.9 Å². The molecule has 0 saturated heterocycles. The fourth-order valence-corrected chi connectivity index (χ4v) is 1.49. The third kappa shape index (κ3) is 1.81. The smallest absolute Gasteiger partial charge is 0.0120 e. The third-order valence-corrected chi connectivity index (χ3v) is 1.99. The zero-order valence-electron chi connectivity index (χ0n) is 7.01. The predicted octanol–water partition coefficient (Wildman–Crippen LogP) is 2.17. The van der Waals surface area contributed by atoms with E-state index in [-0.39, 0.29) is 0 Å². The van der Waals surface area contributed by atoms with Gasteiger partial charge in [0, 0.05) is 6.04 Å². The van der Waals surface area contributed by atoms with Crippen LogP contribution >= 0.6 is 0 Å². The molecule has 0 saturated carbocycles. The van der Waals surface area contributed by atoms with Gasteiger partial charge >= 0.3 is 0 Å². The molecule has 11 heavy (non-hydrogen) atoms. The van der Waals surface area contributed by atoms with Crippen LogP contribution in [0.4, 0.5) is 0 Å². The molecule has 0 aliphatic heterocycles. The van der Waals surface area contributed by atoms with Crippen LogP contribution < -0.4 is 5.73 Å². The molecule has 1 heteroatoms. The van der Waals surface area contributed by atoms with Crippen LogP contribution in [0.2, 0.25) is 0 Å². The zero-order valence-corrected chi connectivity index (χ0v) is 7.01. The zero-order chi connectivity index (χ0) is 8.27. The monoisotopic (exact) mass is 149 g/mol. The highest BCUT2D eigenvalue weighted by Gasteiger charge is 2.16. The minimum absolute atomic E-state index is 0.314. The number of allylic oxidation sites excluding steroid dienone is 3. The molecular formula is C10H15N. The van der Waals surface area contributed by atoms with Crippen LogP contribution in [0.3, 0.4) is 0 Å². The first kappa shape index (κ1) is 8.28. The van der Waals surface area contributed by atoms with E-state index < -0.39 is 0 Å². The first-order chi connectivity index (χ1) is 5.27. The highest BCUT2D eigenvalue weighted by Crippen LogP contribution is 2.26. The van der Waals surface area contributed by atoms with Crippen LogP contribution in [0.25, 0.3) is 0 Å². The van der Waals surface area contributed by atoms with Gasteiger partial charge in [-0.1, -0.05) is 24.8 Å². The third-order valence-electron chi connectivity index (χ3n) is 1.99. The van der Waals surface area contributed by atoms with Gasteiger partial charge in [0.05, 0.1) is 0 Å². The molecule has 1 aliphatic rings. The van der Waals surface area contributed by atoms with Crippen molar-refractivity contribution in [3.63, 3.8) is 0 Å². The molecule has 1 rings (SSSR count). The maximum atomic E-state index is 5.80. The van der Waals surface area contributed by atoms with Gasteiger partial charge in [-0.2, -0.15) is 0 Å². The second-order valence-corrected chi connectivity index (χ2v) is 2.92. The van der Waals surface area contributed by atoms with Crippen molar-refractivity contribution >= 4 is 0 Å². The molecule has 1 atom stereocenters. The van der Waals surface area contributed by atoms with Gasteiger partial charge in [0.15, 0.2) is 0 Å². The molecule has 1 nitrogen and oxygen atoms in total. The highest BCUT2D eigenvalue weighted by atomic mass is 14.6. The fourth-order valence-electron chi connectivity index (χ4n) is 1.49. The molecule has 0 bridgehead atoms. The van der Waals surface area contributed by atoms with E-state index in [0.717, 1.165) is 12.8 Å². The van der Waals surface area contributed by atoms with Crippen molar-refractivity contribution < 1.29 is 0 Å². The molecule has 0 fully saturated rings. The second-order valence-electron chi connectivity index (χ2n) is 2.92. The molecule has 0 heterocycles. The maximum Gasteiger partial charge on any atom is 0.0120 e. The molecule has 60 valence electrons. The largest absolute Gasteiger partial charge is 0.327 e. The lowest BCUT2D eigenvalue weighted by Crippen LogP contribution is -2.15. The van der Waals surface area contributed by atoms with Crippen molar-refractivity contribution in [1.82, 2.24) is 0 Å². The van der Waals surface area contributed by atoms with Crippen LogP contribution in [0, 0.1) is 0 Å². The van der Waals surface area contributed by atoms with Crippen molar-refractivity contribution in [2.24, 2.45) is 5.73 Å². The van der Waals surface area contributed by atoms with E-state index in [9.17, 15) is 0 Å². The summed E-state index contributed by atoms with van der Waals surface area (Å²) in [5, 5.41) is 0. The maximum absolute atomic E-state index is 5.80. The average molecular weight is 149 g/mol. The van der Waals surface area contributed by atoms with E-state index in [1.807, 2.05) is 13.0 Å². The summed E-state index contributed by atoms with van der Waals surface area (Å²) in [5.74, 6) is 0. The van der Waals surface area contributed by atoms with Crippen molar-refractivity contribution in [3.8, 4) is 0 Å². The van der Waals surface area contributed by atoms with Gasteiger partial charge in [-0.25, -0.2) is 0 Å². The first-order valence-corrected chi connectivity index (χ1v) is 4.00. The summed E-state index contributed by atoms with van der Waals surface area (Å²) in [5.41, 5.74) is 8.47. The van der Waals surface area contributed by atoms with E-state index in [4.69, 9.17) is 5.73 Å². The molecule has 0 aromatic heterocycles. The van der Waals surface area contributed by atoms with Gasteiger partial charge in [0.25, 0.3) is 0 Å². The van der Waals surface area contributed by atoms with Crippen molar-refractivity contribution in [2.75, 3.05) is 0 Å². The van der Waals surface area contributed by atoms with Crippen LogP contribution in [0.15, 0.2) is 36.0 Å². The average Bonchev–Trinajstić information content (AvgIpc) is 2.32. The topological polar surface area (TPSA) is 26.0 Å². The number of rotatable bonds is 2. The summed E-state index contributed by atoms with van der Waals surface area (Å²) >= 11 is 0. The quantitative estimate of drug-likeness (QED) is 0.639. The number of nitrogens with two attached hydrogens (primary N) is 1. The van der Waals surface area contributed by atoms with Gasteiger partial charge in [0.2, 0.25) is 0 Å². The Morgan fingerprint density at radius 3 is 2.64 bits per heavy atom. The molecule has 0 aromatic carbocycles. The molecule has 0 amide bonds. The van der Waals surface area contributed by atoms with Crippen molar-refractivity contribution in [3.05, 3.63) is 36.0 Å². The second kappa shape index (κ2) is 3.54. The summed E-state index contributed by atoms with van der Waals surface area (Å²) in [4.78, 5) is 0. The van der Waals surface area contributed by atoms with Crippen LogP contribution in [0.1, 0.15) is 19.8 Å². The normalized spacial score (nSPS) is 25.1. The summed E-state index contributed by atoms with van der Waals surface area (Å²) in [7, 11) is 0. The molecule has 1 aliphatic carbocycles. The van der Waals surface area contributed by atoms with Crippen molar-refractivity contribution in [2.45, 2.75) is 25.8 Å². The lowest BCUT2D eigenvalue weighted by molar-refractivity contribution is 0.719. The fraction of sp³-hybridized carbons (Fsp3) is 0.400. The summed E-state index contributed by atoms with van der Waals surface area (Å²) in [6, 6.07) is 0.314. The van der Waals surface area contributed by atoms with Gasteiger partial charge in [-0.15, -0.1) is 0 Å². The van der Waals surface area contributed by atoms with Gasteiger partial charge < -0.3 is 5.73 Å². The van der Waals surface area contributed by atoms with Crippen molar-refractivity contribution in [1.29, 1.82) is 0 Å². The minimum atomic E-state index is 0.314. The minimum Gasteiger partial charge on any atom is -0.327 e. The lowest BCUT2D eigenvalue weighted by Gasteiger charge is -1.97. The standard InChI is InChI=1S/C10H15N/c1-3-5-9-7-10(11)6-8(9)4-2/h3-5,10H,2,6-7,11H2,1H3/b5-3-. The van der Waals surface area contributed by atoms with Crippen LogP contribution in [-0.2, 0) is 0 Å². The lowest BCUT2D eigenvalue weighted by atomic mass is 10.1. The molecule has 2 N–H and O–H groups in total. The molecule has 0 spiro atoms. The molecule has 0 radical (unpaired) electrons. The van der Waals surface area contributed by atoms with E-state index in [0.29, 0.717) is 6.04 Å². The van der Waals surface area contributed by atoms with E-state index in [2.05, 4.69) is 18.7 Å². The Kier molecular flexibility index (Phi) is 2.66. The molecular weight excluding hydrogens is 134 g/mol. The Balaban J connectivity index is 2.79. The number of hydrogen-bond acceptors (Lipinski definition) is 1. The van der Waals surface area contributed by atoms with Crippen LogP contribution in [0.5, 0.6) is 0 Å². The Morgan fingerprint density at radius 2 is 2.09 bits per heavy atom. The Hall–Kier alpha value is -0.820. The van der Waals surface area contributed by atoms with Gasteiger partial charge in [-0.3, -0.25) is 0 Å². The van der Waals surface area contributed by atoms with E-state index in [1.54, 1.807) is 0 Å². The predicted molar refractivity (Wildman–Crippen MR) is 49.2 cm³/mol. The Morgan fingerprint density at radius 1 is 1.45 bits per heavy atom. The van der Waals surface area contributed by atoms with Crippen LogP contribution in [-0.4, -0.2) is 6.04 Å². The molecule has 1 unspecified atom stereocenters. The SMILES string of the molecule is C=CC1=C(/C=C\C)CC(N)C1. The van der Waals surface area contributed by atoms with E-state index >= 15 is 0 Å². The molecule has 0 aromatic rings. The highest BCUT2D eigenvalue weighted by molar-refractivity contribution is 5.37. The first-order valence-electron chi connectivity index (χ1n) is 4.00. The summed E-state index contributed by atoms with van der Waals surface area (Å²) in [6.45, 7) is 5.79.